The van der Waals surface area contributed by atoms with Gasteiger partial charge >= 0.3 is 0 Å². The van der Waals surface area contributed by atoms with E-state index in [0.29, 0.717) is 5.56 Å². The first-order chi connectivity index (χ1) is 17.6. The summed E-state index contributed by atoms with van der Waals surface area (Å²) < 4.78 is 33.9. The third-order valence-corrected chi connectivity index (χ3v) is 8.36. The third-order valence-electron chi connectivity index (χ3n) is 6.37. The molecule has 0 aliphatic heterocycles. The zero-order chi connectivity index (χ0) is 26.7. The highest BCUT2D eigenvalue weighted by Gasteiger charge is 2.32. The summed E-state index contributed by atoms with van der Waals surface area (Å²) in [5.41, 5.74) is 2.15. The number of methoxy groups -OCH3 is 1. The van der Waals surface area contributed by atoms with Crippen molar-refractivity contribution < 1.29 is 22.9 Å². The molecule has 1 atom stereocenters. The number of nitro groups is 1. The number of nitrogens with zero attached hydrogens (tertiary/aromatic N) is 2. The minimum absolute atomic E-state index is 0.0393. The normalized spacial score (nSPS) is 14.9. The third kappa shape index (κ3) is 5.55. The maximum atomic E-state index is 13.8. The molecule has 1 aliphatic carbocycles. The summed E-state index contributed by atoms with van der Waals surface area (Å²) in [5.74, 6) is -0.362. The number of benzene rings is 3. The number of hydrogen-bond acceptors (Lipinski definition) is 6. The summed E-state index contributed by atoms with van der Waals surface area (Å²) in [6.45, 7) is 0.932. The number of nitrogens with one attached hydrogen (secondary N) is 1. The zero-order valence-electron chi connectivity index (χ0n) is 20.3. The molecule has 0 unspecified atom stereocenters. The summed E-state index contributed by atoms with van der Waals surface area (Å²) in [5, 5.41) is 14.7. The van der Waals surface area contributed by atoms with Crippen LogP contribution in [0.3, 0.4) is 0 Å². The number of carbonyl (C=O) groups excluding carboxylic acids is 1. The molecular weight excluding hydrogens is 518 g/mol. The minimum atomic E-state index is -4.44. The molecule has 0 heterocycles. The van der Waals surface area contributed by atoms with Gasteiger partial charge in [-0.05, 0) is 61.6 Å². The van der Waals surface area contributed by atoms with E-state index in [0.717, 1.165) is 40.8 Å². The molecule has 1 aliphatic rings. The topological polar surface area (TPSA) is 119 Å². The fourth-order valence-electron chi connectivity index (χ4n) is 4.51. The molecule has 194 valence electrons. The molecule has 1 N–H and O–H groups in total. The summed E-state index contributed by atoms with van der Waals surface area (Å²) in [4.78, 5) is 23.8. The number of carbonyl (C=O) groups is 1. The number of anilines is 1. The van der Waals surface area contributed by atoms with Crippen LogP contribution in [-0.4, -0.2) is 32.9 Å². The fraction of sp³-hybridized carbons (Fsp3) is 0.269. The second kappa shape index (κ2) is 10.8. The van der Waals surface area contributed by atoms with Crippen molar-refractivity contribution in [2.45, 2.75) is 37.1 Å². The quantitative estimate of drug-likeness (QED) is 0.317. The predicted octanol–water partition coefficient (Wildman–Crippen LogP) is 4.95. The van der Waals surface area contributed by atoms with Crippen LogP contribution < -0.4 is 14.4 Å². The van der Waals surface area contributed by atoms with E-state index in [1.165, 1.54) is 44.4 Å². The van der Waals surface area contributed by atoms with Crippen LogP contribution in [0.2, 0.25) is 5.02 Å². The Morgan fingerprint density at radius 1 is 1.19 bits per heavy atom. The van der Waals surface area contributed by atoms with Crippen LogP contribution in [0.5, 0.6) is 5.75 Å². The van der Waals surface area contributed by atoms with Gasteiger partial charge in [0.2, 0.25) is 5.91 Å². The van der Waals surface area contributed by atoms with E-state index in [4.69, 9.17) is 16.3 Å². The Balaban J connectivity index is 1.74. The second-order valence-corrected chi connectivity index (χ2v) is 11.0. The first-order valence-corrected chi connectivity index (χ1v) is 13.4. The summed E-state index contributed by atoms with van der Waals surface area (Å²) >= 11 is 6.18. The minimum Gasteiger partial charge on any atom is -0.495 e. The van der Waals surface area contributed by atoms with E-state index in [1.54, 1.807) is 0 Å². The first kappa shape index (κ1) is 26.4. The van der Waals surface area contributed by atoms with E-state index in [9.17, 15) is 23.3 Å². The number of ether oxygens (including phenoxy) is 1. The Labute approximate surface area is 220 Å². The highest BCUT2D eigenvalue weighted by atomic mass is 35.5. The lowest BCUT2D eigenvalue weighted by Crippen LogP contribution is -2.42. The van der Waals surface area contributed by atoms with Crippen molar-refractivity contribution in [3.8, 4) is 5.75 Å². The highest BCUT2D eigenvalue weighted by molar-refractivity contribution is 7.92. The molecule has 0 saturated carbocycles. The Morgan fingerprint density at radius 3 is 2.68 bits per heavy atom. The lowest BCUT2D eigenvalue weighted by atomic mass is 9.88. The van der Waals surface area contributed by atoms with Gasteiger partial charge in [-0.1, -0.05) is 41.9 Å². The zero-order valence-corrected chi connectivity index (χ0v) is 21.9. The molecule has 0 bridgehead atoms. The van der Waals surface area contributed by atoms with E-state index in [1.807, 2.05) is 24.3 Å². The number of halogens is 1. The van der Waals surface area contributed by atoms with Gasteiger partial charge < -0.3 is 10.1 Å². The summed E-state index contributed by atoms with van der Waals surface area (Å²) in [6, 6.07) is 15.6. The van der Waals surface area contributed by atoms with Gasteiger partial charge in [-0.2, -0.15) is 0 Å². The van der Waals surface area contributed by atoms with E-state index in [2.05, 4.69) is 5.32 Å². The number of rotatable bonds is 8. The predicted molar refractivity (Wildman–Crippen MR) is 141 cm³/mol. The first-order valence-electron chi connectivity index (χ1n) is 11.6. The van der Waals surface area contributed by atoms with Crippen LogP contribution in [0.15, 0.2) is 65.6 Å². The maximum absolute atomic E-state index is 13.8. The Hall–Kier alpha value is -3.63. The molecule has 3 aromatic carbocycles. The van der Waals surface area contributed by atoms with Gasteiger partial charge in [0, 0.05) is 16.7 Å². The average molecular weight is 544 g/mol. The molecule has 3 aromatic rings. The van der Waals surface area contributed by atoms with Crippen LogP contribution in [0, 0.1) is 17.0 Å². The Morgan fingerprint density at radius 2 is 1.95 bits per heavy atom. The molecule has 0 spiro atoms. The number of sulfonamides is 1. The standard InChI is InChI=1S/C26H26ClN3O6S/c1-17-10-12-20(15-23(17)30(32)33)37(34,35)29(24-14-19(27)11-13-25(24)36-2)16-26(31)28-22-9-5-7-18-6-3-4-8-21(18)22/h3-4,6,8,10-15,22H,5,7,9,16H2,1-2H3,(H,28,31)/t22-/m0/s1. The van der Waals surface area contributed by atoms with Gasteiger partial charge in [-0.25, -0.2) is 8.42 Å². The number of nitro benzene ring substituents is 1. The summed E-state index contributed by atoms with van der Waals surface area (Å²) in [7, 11) is -3.07. The SMILES string of the molecule is COc1ccc(Cl)cc1N(CC(=O)N[C@H]1CCCc2ccccc21)S(=O)(=O)c1ccc(C)c([N+](=O)[O-])c1. The maximum Gasteiger partial charge on any atom is 0.273 e. The van der Waals surface area contributed by atoms with E-state index in [-0.39, 0.29) is 33.1 Å². The van der Waals surface area contributed by atoms with Crippen LogP contribution in [0.25, 0.3) is 0 Å². The van der Waals surface area contributed by atoms with Gasteiger partial charge in [-0.15, -0.1) is 0 Å². The Bertz CT molecular complexity index is 1460. The molecule has 0 saturated heterocycles. The molecule has 4 rings (SSSR count). The van der Waals surface area contributed by atoms with Crippen LogP contribution in [0.4, 0.5) is 11.4 Å². The van der Waals surface area contributed by atoms with E-state index < -0.39 is 27.4 Å². The molecule has 0 aromatic heterocycles. The number of aryl methyl sites for hydroxylation is 2. The largest absolute Gasteiger partial charge is 0.495 e. The summed E-state index contributed by atoms with van der Waals surface area (Å²) in [6.07, 6.45) is 2.52. The lowest BCUT2D eigenvalue weighted by Gasteiger charge is -2.29. The van der Waals surface area contributed by atoms with Crippen molar-refractivity contribution in [1.82, 2.24) is 5.32 Å². The second-order valence-electron chi connectivity index (χ2n) is 8.74. The van der Waals surface area contributed by atoms with Gasteiger partial charge in [0.1, 0.15) is 12.3 Å². The van der Waals surface area contributed by atoms with Crippen LogP contribution >= 0.6 is 11.6 Å². The van der Waals surface area contributed by atoms with Gasteiger partial charge in [0.25, 0.3) is 15.7 Å². The highest BCUT2D eigenvalue weighted by Crippen LogP contribution is 2.36. The smallest absolute Gasteiger partial charge is 0.273 e. The lowest BCUT2D eigenvalue weighted by molar-refractivity contribution is -0.385. The average Bonchev–Trinajstić information content (AvgIpc) is 2.87. The molecule has 11 heteroatoms. The molecule has 1 amide bonds. The van der Waals surface area contributed by atoms with Crippen LogP contribution in [-0.2, 0) is 21.2 Å². The van der Waals surface area contributed by atoms with Crippen molar-refractivity contribution in [2.24, 2.45) is 0 Å². The molecule has 9 nitrogen and oxygen atoms in total. The molecule has 0 fully saturated rings. The van der Waals surface area contributed by atoms with Gasteiger partial charge in [0.05, 0.1) is 28.7 Å². The van der Waals surface area contributed by atoms with Crippen molar-refractivity contribution in [1.29, 1.82) is 0 Å². The number of amides is 1. The van der Waals surface area contributed by atoms with Crippen molar-refractivity contribution >= 4 is 38.9 Å². The van der Waals surface area contributed by atoms with Crippen molar-refractivity contribution in [2.75, 3.05) is 18.0 Å². The van der Waals surface area contributed by atoms with E-state index >= 15 is 0 Å². The molecule has 37 heavy (non-hydrogen) atoms. The number of hydrogen-bond donors (Lipinski definition) is 1. The molecule has 0 radical (unpaired) electrons. The number of fused-ring (bicyclic) bond motifs is 1. The molecular formula is C26H26ClN3O6S. The van der Waals surface area contributed by atoms with Crippen molar-refractivity contribution in [3.63, 3.8) is 0 Å². The van der Waals surface area contributed by atoms with Crippen LogP contribution in [0.1, 0.15) is 35.6 Å². The van der Waals surface area contributed by atoms with Crippen molar-refractivity contribution in [3.05, 3.63) is 92.5 Å². The van der Waals surface area contributed by atoms with Gasteiger partial charge in [0.15, 0.2) is 0 Å². The monoisotopic (exact) mass is 543 g/mol. The fourth-order valence-corrected chi connectivity index (χ4v) is 6.12. The van der Waals surface area contributed by atoms with Gasteiger partial charge in [-0.3, -0.25) is 19.2 Å². The Kier molecular flexibility index (Phi) is 7.70.